The fourth-order valence-electron chi connectivity index (χ4n) is 2.50. The molecule has 1 aliphatic rings. The molecule has 2 N–H and O–H groups in total. The van der Waals surface area contributed by atoms with Gasteiger partial charge in [0.25, 0.3) is 0 Å². The normalized spacial score (nSPS) is 20.1. The van der Waals surface area contributed by atoms with Gasteiger partial charge in [0.15, 0.2) is 0 Å². The Labute approximate surface area is 100 Å². The van der Waals surface area contributed by atoms with Crippen LogP contribution in [0.15, 0.2) is 0 Å². The summed E-state index contributed by atoms with van der Waals surface area (Å²) >= 11 is 0. The lowest BCUT2D eigenvalue weighted by Crippen LogP contribution is -2.57. The lowest BCUT2D eigenvalue weighted by Gasteiger charge is -2.43. The smallest absolute Gasteiger partial charge is 0.0659 e. The van der Waals surface area contributed by atoms with Gasteiger partial charge in [-0.2, -0.15) is 0 Å². The molecule has 0 aromatic rings. The summed E-state index contributed by atoms with van der Waals surface area (Å²) in [5, 5.41) is 0. The first kappa shape index (κ1) is 13.9. The molecule has 0 amide bonds. The average molecular weight is 228 g/mol. The molecule has 1 rings (SSSR count). The molecule has 0 aromatic carbocycles. The van der Waals surface area contributed by atoms with Crippen LogP contribution in [0, 0.1) is 0 Å². The molecule has 0 heterocycles. The SMILES string of the molecule is CCCCN(C1CC1)C(CC)(CN)COC. The summed E-state index contributed by atoms with van der Waals surface area (Å²) in [6.07, 6.45) is 6.28. The number of nitrogens with zero attached hydrogens (tertiary/aromatic N) is 1. The van der Waals surface area contributed by atoms with Crippen LogP contribution in [-0.2, 0) is 4.74 Å². The van der Waals surface area contributed by atoms with E-state index in [1.54, 1.807) is 7.11 Å². The van der Waals surface area contributed by atoms with E-state index in [4.69, 9.17) is 10.5 Å². The number of nitrogens with two attached hydrogens (primary N) is 1. The molecule has 3 nitrogen and oxygen atoms in total. The first-order valence-electron chi connectivity index (χ1n) is 6.69. The number of rotatable bonds is 9. The second-order valence-electron chi connectivity index (χ2n) is 4.99. The summed E-state index contributed by atoms with van der Waals surface area (Å²) in [6, 6.07) is 0.769. The quantitative estimate of drug-likeness (QED) is 0.656. The van der Waals surface area contributed by atoms with Crippen molar-refractivity contribution in [3.8, 4) is 0 Å². The molecule has 1 unspecified atom stereocenters. The van der Waals surface area contributed by atoms with Gasteiger partial charge in [-0.25, -0.2) is 0 Å². The second kappa shape index (κ2) is 6.58. The predicted molar refractivity (Wildman–Crippen MR) is 68.6 cm³/mol. The molecule has 3 heteroatoms. The van der Waals surface area contributed by atoms with Gasteiger partial charge in [-0.3, -0.25) is 4.90 Å². The molecule has 0 spiro atoms. The largest absolute Gasteiger partial charge is 0.383 e. The van der Waals surface area contributed by atoms with Crippen LogP contribution in [0.2, 0.25) is 0 Å². The van der Waals surface area contributed by atoms with E-state index in [9.17, 15) is 0 Å². The molecular weight excluding hydrogens is 200 g/mol. The van der Waals surface area contributed by atoms with Crippen LogP contribution >= 0.6 is 0 Å². The fraction of sp³-hybridized carbons (Fsp3) is 1.00. The van der Waals surface area contributed by atoms with Crippen molar-refractivity contribution in [2.45, 2.75) is 57.5 Å². The molecule has 0 aliphatic heterocycles. The van der Waals surface area contributed by atoms with Gasteiger partial charge in [0.05, 0.1) is 12.1 Å². The highest BCUT2D eigenvalue weighted by molar-refractivity contribution is 4.98. The number of hydrogen-bond donors (Lipinski definition) is 1. The van der Waals surface area contributed by atoms with Crippen LogP contribution in [0.3, 0.4) is 0 Å². The summed E-state index contributed by atoms with van der Waals surface area (Å²) in [5.74, 6) is 0. The zero-order chi connectivity index (χ0) is 12.0. The Morgan fingerprint density at radius 3 is 2.44 bits per heavy atom. The Bertz CT molecular complexity index is 188. The predicted octanol–water partition coefficient (Wildman–Crippen LogP) is 2.00. The van der Waals surface area contributed by atoms with Crippen molar-refractivity contribution in [3.05, 3.63) is 0 Å². The number of methoxy groups -OCH3 is 1. The first-order chi connectivity index (χ1) is 7.74. The van der Waals surface area contributed by atoms with Crippen molar-refractivity contribution in [3.63, 3.8) is 0 Å². The van der Waals surface area contributed by atoms with E-state index < -0.39 is 0 Å². The van der Waals surface area contributed by atoms with Crippen molar-refractivity contribution in [1.82, 2.24) is 4.90 Å². The first-order valence-corrected chi connectivity index (χ1v) is 6.69. The lowest BCUT2D eigenvalue weighted by atomic mass is 9.94. The zero-order valence-electron chi connectivity index (χ0n) is 11.2. The molecule has 1 fully saturated rings. The standard InChI is InChI=1S/C13H28N2O/c1-4-6-9-15(12-7-8-12)13(5-2,10-14)11-16-3/h12H,4-11,14H2,1-3H3. The Kier molecular flexibility index (Phi) is 5.73. The maximum absolute atomic E-state index is 6.02. The van der Waals surface area contributed by atoms with Gasteiger partial charge in [-0.05, 0) is 32.2 Å². The molecule has 1 atom stereocenters. The van der Waals surface area contributed by atoms with E-state index in [2.05, 4.69) is 18.7 Å². The molecule has 0 aromatic heterocycles. The lowest BCUT2D eigenvalue weighted by molar-refractivity contribution is 0.00528. The Balaban J connectivity index is 2.68. The molecule has 16 heavy (non-hydrogen) atoms. The molecule has 1 aliphatic carbocycles. The van der Waals surface area contributed by atoms with Crippen molar-refractivity contribution in [1.29, 1.82) is 0 Å². The summed E-state index contributed by atoms with van der Waals surface area (Å²) in [6.45, 7) is 7.12. The monoisotopic (exact) mass is 228 g/mol. The maximum atomic E-state index is 6.02. The van der Waals surface area contributed by atoms with Crippen LogP contribution in [-0.4, -0.2) is 43.3 Å². The van der Waals surface area contributed by atoms with Crippen LogP contribution in [0.1, 0.15) is 46.0 Å². The maximum Gasteiger partial charge on any atom is 0.0659 e. The summed E-state index contributed by atoms with van der Waals surface area (Å²) in [4.78, 5) is 2.62. The molecule has 96 valence electrons. The minimum atomic E-state index is 0.0745. The van der Waals surface area contributed by atoms with Crippen molar-refractivity contribution in [2.24, 2.45) is 5.73 Å². The van der Waals surface area contributed by atoms with E-state index in [1.165, 1.54) is 32.2 Å². The van der Waals surface area contributed by atoms with Gasteiger partial charge in [-0.1, -0.05) is 20.3 Å². The Morgan fingerprint density at radius 2 is 2.06 bits per heavy atom. The highest BCUT2D eigenvalue weighted by atomic mass is 16.5. The summed E-state index contributed by atoms with van der Waals surface area (Å²) in [7, 11) is 1.78. The number of ether oxygens (including phenoxy) is 1. The summed E-state index contributed by atoms with van der Waals surface area (Å²) in [5.41, 5.74) is 6.10. The number of hydrogen-bond acceptors (Lipinski definition) is 3. The second-order valence-corrected chi connectivity index (χ2v) is 4.99. The van der Waals surface area contributed by atoms with Gasteiger partial charge in [0.1, 0.15) is 0 Å². The topological polar surface area (TPSA) is 38.5 Å². The third-order valence-corrected chi connectivity index (χ3v) is 3.80. The van der Waals surface area contributed by atoms with E-state index in [1.807, 2.05) is 0 Å². The fourth-order valence-corrected chi connectivity index (χ4v) is 2.50. The van der Waals surface area contributed by atoms with Crippen LogP contribution < -0.4 is 5.73 Å². The molecule has 0 radical (unpaired) electrons. The van der Waals surface area contributed by atoms with Gasteiger partial charge < -0.3 is 10.5 Å². The minimum Gasteiger partial charge on any atom is -0.383 e. The van der Waals surface area contributed by atoms with Gasteiger partial charge in [0, 0.05) is 19.7 Å². The van der Waals surface area contributed by atoms with Crippen molar-refractivity contribution < 1.29 is 4.74 Å². The Morgan fingerprint density at radius 1 is 1.38 bits per heavy atom. The molecule has 1 saturated carbocycles. The third kappa shape index (κ3) is 3.19. The highest BCUT2D eigenvalue weighted by Gasteiger charge is 2.41. The average Bonchev–Trinajstić information content (AvgIpc) is 3.12. The van der Waals surface area contributed by atoms with E-state index >= 15 is 0 Å². The third-order valence-electron chi connectivity index (χ3n) is 3.80. The van der Waals surface area contributed by atoms with Crippen LogP contribution in [0.25, 0.3) is 0 Å². The van der Waals surface area contributed by atoms with Crippen LogP contribution in [0.5, 0.6) is 0 Å². The zero-order valence-corrected chi connectivity index (χ0v) is 11.2. The van der Waals surface area contributed by atoms with Gasteiger partial charge >= 0.3 is 0 Å². The van der Waals surface area contributed by atoms with Crippen LogP contribution in [0.4, 0.5) is 0 Å². The van der Waals surface area contributed by atoms with Gasteiger partial charge in [0.2, 0.25) is 0 Å². The number of unbranched alkanes of at least 4 members (excludes halogenated alkanes) is 1. The molecule has 0 saturated heterocycles. The van der Waals surface area contributed by atoms with Crippen molar-refractivity contribution >= 4 is 0 Å². The minimum absolute atomic E-state index is 0.0745. The summed E-state index contributed by atoms with van der Waals surface area (Å²) < 4.78 is 5.41. The van der Waals surface area contributed by atoms with E-state index in [0.29, 0.717) is 6.54 Å². The molecule has 0 bridgehead atoms. The van der Waals surface area contributed by atoms with Crippen molar-refractivity contribution in [2.75, 3.05) is 26.8 Å². The van der Waals surface area contributed by atoms with E-state index in [0.717, 1.165) is 19.1 Å². The molecular formula is C13H28N2O. The van der Waals surface area contributed by atoms with Gasteiger partial charge in [-0.15, -0.1) is 0 Å². The Hall–Kier alpha value is -0.120. The van der Waals surface area contributed by atoms with E-state index in [-0.39, 0.29) is 5.54 Å². The highest BCUT2D eigenvalue weighted by Crippen LogP contribution is 2.34.